The maximum Gasteiger partial charge on any atom is 0.343 e. The van der Waals surface area contributed by atoms with Crippen molar-refractivity contribution in [2.75, 3.05) is 6.61 Å². The van der Waals surface area contributed by atoms with Crippen molar-refractivity contribution in [3.8, 4) is 0 Å². The molecule has 0 aromatic carbocycles. The van der Waals surface area contributed by atoms with Crippen LogP contribution in [0.4, 0.5) is 0 Å². The molecule has 3 unspecified atom stereocenters. The van der Waals surface area contributed by atoms with Gasteiger partial charge in [0.2, 0.25) is 0 Å². The van der Waals surface area contributed by atoms with Crippen LogP contribution < -0.4 is 0 Å². The van der Waals surface area contributed by atoms with E-state index in [2.05, 4.69) is 0 Å². The summed E-state index contributed by atoms with van der Waals surface area (Å²) in [6.07, 6.45) is 2.03. The molecule has 1 heterocycles. The molecule has 0 aromatic heterocycles. The zero-order valence-electron chi connectivity index (χ0n) is 17.9. The third-order valence-electron chi connectivity index (χ3n) is 4.88. The molecule has 164 valence electrons. The van der Waals surface area contributed by atoms with E-state index in [0.29, 0.717) is 0 Å². The molecule has 1 N–H and O–H groups in total. The molecule has 0 radical (unpaired) electrons. The van der Waals surface area contributed by atoms with Crippen molar-refractivity contribution in [1.29, 1.82) is 0 Å². The largest absolute Gasteiger partial charge is 0.461 e. The molecule has 0 fully saturated rings. The molecule has 8 heteroatoms. The van der Waals surface area contributed by atoms with Gasteiger partial charge in [0.1, 0.15) is 24.3 Å². The first kappa shape index (κ1) is 23.5. The smallest absolute Gasteiger partial charge is 0.343 e. The van der Waals surface area contributed by atoms with Crippen LogP contribution in [0.3, 0.4) is 0 Å². The fourth-order valence-electron chi connectivity index (χ4n) is 3.31. The van der Waals surface area contributed by atoms with Crippen LogP contribution in [-0.2, 0) is 33.4 Å². The van der Waals surface area contributed by atoms with Crippen LogP contribution >= 0.6 is 0 Å². The molecule has 3 atom stereocenters. The first-order valence-corrected chi connectivity index (χ1v) is 9.82. The number of ether oxygens (including phenoxy) is 3. The lowest BCUT2D eigenvalue weighted by Crippen LogP contribution is -2.31. The lowest BCUT2D eigenvalue weighted by molar-refractivity contribution is -0.143. The first-order chi connectivity index (χ1) is 13.9. The topological polar surface area (TPSA) is 116 Å². The summed E-state index contributed by atoms with van der Waals surface area (Å²) < 4.78 is 15.9. The predicted molar refractivity (Wildman–Crippen MR) is 106 cm³/mol. The first-order valence-electron chi connectivity index (χ1n) is 9.82. The molecule has 0 bridgehead atoms. The molecule has 0 saturated heterocycles. The second-order valence-corrected chi connectivity index (χ2v) is 8.18. The van der Waals surface area contributed by atoms with E-state index >= 15 is 0 Å². The lowest BCUT2D eigenvalue weighted by Gasteiger charge is -2.27. The van der Waals surface area contributed by atoms with E-state index in [0.717, 1.165) is 5.57 Å². The number of rotatable bonds is 4. The van der Waals surface area contributed by atoms with E-state index in [1.165, 1.54) is 26.0 Å². The Morgan fingerprint density at radius 3 is 2.57 bits per heavy atom. The van der Waals surface area contributed by atoms with Gasteiger partial charge in [-0.15, -0.1) is 0 Å². The number of fused-ring (bicyclic) bond motifs is 1. The van der Waals surface area contributed by atoms with Crippen LogP contribution in [0.1, 0.15) is 53.9 Å². The number of carbonyl (C=O) groups is 4. The maximum atomic E-state index is 12.5. The molecule has 0 spiro atoms. The van der Waals surface area contributed by atoms with E-state index < -0.39 is 35.5 Å². The third-order valence-corrected chi connectivity index (χ3v) is 4.88. The molecule has 8 nitrogen and oxygen atoms in total. The van der Waals surface area contributed by atoms with Crippen molar-refractivity contribution < 1.29 is 38.5 Å². The summed E-state index contributed by atoms with van der Waals surface area (Å²) in [6.45, 7) is 7.50. The van der Waals surface area contributed by atoms with Crippen molar-refractivity contribution in [3.05, 3.63) is 34.6 Å². The molecule has 2 aliphatic rings. The zero-order chi connectivity index (χ0) is 22.6. The monoisotopic (exact) mass is 420 g/mol. The highest BCUT2D eigenvalue weighted by atomic mass is 16.6. The van der Waals surface area contributed by atoms with Gasteiger partial charge in [-0.05, 0) is 39.7 Å². The van der Waals surface area contributed by atoms with Crippen LogP contribution in [0.25, 0.3) is 0 Å². The Kier molecular flexibility index (Phi) is 7.36. The van der Waals surface area contributed by atoms with Gasteiger partial charge in [-0.3, -0.25) is 9.59 Å². The summed E-state index contributed by atoms with van der Waals surface area (Å²) in [7, 11) is 0. The molecule has 30 heavy (non-hydrogen) atoms. The van der Waals surface area contributed by atoms with Gasteiger partial charge in [-0.25, -0.2) is 9.59 Å². The number of aliphatic hydroxyl groups is 1. The summed E-state index contributed by atoms with van der Waals surface area (Å²) in [5.74, 6) is -2.53. The third kappa shape index (κ3) is 6.13. The van der Waals surface area contributed by atoms with E-state index in [1.807, 2.05) is 0 Å². The standard InChI is InChI=1S/C22H28O8/c1-12(2)8-19(25)29-17-9-13(3)16(24)6-7-22(5,27)10-18-20(17)15(21(26)30-18)11-28-14(4)23/h8,10,13,17,27H,6-7,9,11H2,1-5H3. The molecule has 1 aliphatic carbocycles. The predicted octanol–water partition coefficient (Wildman–Crippen LogP) is 2.30. The van der Waals surface area contributed by atoms with Gasteiger partial charge in [-0.2, -0.15) is 0 Å². The highest BCUT2D eigenvalue weighted by molar-refractivity contribution is 5.96. The number of hydrogen-bond acceptors (Lipinski definition) is 8. The number of esters is 3. The van der Waals surface area contributed by atoms with Gasteiger partial charge in [-0.1, -0.05) is 12.5 Å². The Balaban J connectivity index is 2.61. The summed E-state index contributed by atoms with van der Waals surface area (Å²) in [6, 6.07) is 0. The minimum atomic E-state index is -1.43. The maximum absolute atomic E-state index is 12.5. The van der Waals surface area contributed by atoms with Crippen molar-refractivity contribution in [1.82, 2.24) is 0 Å². The van der Waals surface area contributed by atoms with E-state index in [9.17, 15) is 24.3 Å². The molecule has 0 aromatic rings. The van der Waals surface area contributed by atoms with Gasteiger partial charge in [0.05, 0.1) is 11.2 Å². The van der Waals surface area contributed by atoms with Crippen LogP contribution in [0, 0.1) is 5.92 Å². The van der Waals surface area contributed by atoms with Crippen LogP contribution in [0.15, 0.2) is 34.6 Å². The Bertz CT molecular complexity index is 839. The second kappa shape index (κ2) is 9.38. The Hall–Kier alpha value is -2.74. The number of ketones is 1. The van der Waals surface area contributed by atoms with Gasteiger partial charge in [0.25, 0.3) is 0 Å². The number of hydrogen-bond donors (Lipinski definition) is 1. The molecule has 0 saturated carbocycles. The van der Waals surface area contributed by atoms with Gasteiger partial charge in [0, 0.05) is 30.9 Å². The minimum Gasteiger partial charge on any atom is -0.461 e. The average Bonchev–Trinajstić information content (AvgIpc) is 2.90. The molecular weight excluding hydrogens is 392 g/mol. The second-order valence-electron chi connectivity index (χ2n) is 8.18. The SMILES string of the molecule is CC(=O)OCC1=C2C(=CC(C)(O)CCC(=O)C(C)CC2OC(=O)C=C(C)C)OC1=O. The van der Waals surface area contributed by atoms with E-state index in [1.54, 1.807) is 20.8 Å². The highest BCUT2D eigenvalue weighted by Crippen LogP contribution is 2.37. The zero-order valence-corrected chi connectivity index (χ0v) is 17.9. The van der Waals surface area contributed by atoms with Gasteiger partial charge < -0.3 is 19.3 Å². The molecule has 2 rings (SSSR count). The Morgan fingerprint density at radius 2 is 1.97 bits per heavy atom. The Morgan fingerprint density at radius 1 is 1.30 bits per heavy atom. The number of carbonyl (C=O) groups excluding carboxylic acids is 4. The quantitative estimate of drug-likeness (QED) is 0.418. The van der Waals surface area contributed by atoms with Crippen LogP contribution in [-0.4, -0.2) is 47.1 Å². The molecule has 0 amide bonds. The lowest BCUT2D eigenvalue weighted by atomic mass is 9.85. The van der Waals surface area contributed by atoms with Gasteiger partial charge in [0.15, 0.2) is 0 Å². The summed E-state index contributed by atoms with van der Waals surface area (Å²) in [4.78, 5) is 48.6. The van der Waals surface area contributed by atoms with Crippen LogP contribution in [0.5, 0.6) is 0 Å². The van der Waals surface area contributed by atoms with Crippen molar-refractivity contribution in [3.63, 3.8) is 0 Å². The fourth-order valence-corrected chi connectivity index (χ4v) is 3.31. The fraction of sp³-hybridized carbons (Fsp3) is 0.545. The summed E-state index contributed by atoms with van der Waals surface area (Å²) in [5, 5.41) is 10.7. The van der Waals surface area contributed by atoms with E-state index in [-0.39, 0.29) is 48.6 Å². The summed E-state index contributed by atoms with van der Waals surface area (Å²) >= 11 is 0. The van der Waals surface area contributed by atoms with E-state index in [4.69, 9.17) is 14.2 Å². The summed E-state index contributed by atoms with van der Waals surface area (Å²) in [5.41, 5.74) is -0.490. The Labute approximate surface area is 175 Å². The number of Topliss-reactive ketones (excluding diaryl/α,β-unsaturated/α-hetero) is 1. The van der Waals surface area contributed by atoms with Gasteiger partial charge >= 0.3 is 17.9 Å². The normalized spacial score (nSPS) is 26.9. The van der Waals surface area contributed by atoms with Crippen molar-refractivity contribution in [2.45, 2.75) is 65.6 Å². The van der Waals surface area contributed by atoms with Crippen LogP contribution in [0.2, 0.25) is 0 Å². The minimum absolute atomic E-state index is 0.0162. The number of allylic oxidation sites excluding steroid dienone is 1. The average molecular weight is 420 g/mol. The molecule has 1 aliphatic heterocycles. The highest BCUT2D eigenvalue weighted by Gasteiger charge is 2.40. The molecular formula is C22H28O8. The van der Waals surface area contributed by atoms with Crippen molar-refractivity contribution in [2.24, 2.45) is 5.92 Å². The van der Waals surface area contributed by atoms with Crippen molar-refractivity contribution >= 4 is 23.7 Å².